The molecule has 32 heavy (non-hydrogen) atoms. The van der Waals surface area contributed by atoms with Gasteiger partial charge in [-0.2, -0.15) is 5.10 Å². The van der Waals surface area contributed by atoms with Gasteiger partial charge in [-0.3, -0.25) is 4.79 Å². The van der Waals surface area contributed by atoms with Crippen molar-refractivity contribution in [3.05, 3.63) is 113 Å². The Morgan fingerprint density at radius 2 is 1.88 bits per heavy atom. The van der Waals surface area contributed by atoms with Crippen LogP contribution < -0.4 is 9.47 Å². The maximum absolute atomic E-state index is 12.9. The number of ether oxygens (including phenoxy) is 2. The normalized spacial score (nSPS) is 14.2. The first-order chi connectivity index (χ1) is 15.7. The van der Waals surface area contributed by atoms with Crippen molar-refractivity contribution in [3.63, 3.8) is 0 Å². The lowest BCUT2D eigenvalue weighted by Crippen LogP contribution is -2.19. The third-order valence-corrected chi connectivity index (χ3v) is 5.35. The van der Waals surface area contributed by atoms with E-state index in [1.165, 1.54) is 5.56 Å². The third-order valence-electron chi connectivity index (χ3n) is 5.35. The Kier molecular flexibility index (Phi) is 5.30. The summed E-state index contributed by atoms with van der Waals surface area (Å²) in [4.78, 5) is 12.9. The Balaban J connectivity index is 1.27. The van der Waals surface area contributed by atoms with E-state index in [2.05, 4.69) is 5.10 Å². The SMILES string of the molecule is Cc1ccc(/C=C2/COc3cc(OCc4cnn(-c5ccccc5)c4)ccc3C2=O)cc1. The average molecular weight is 422 g/mol. The van der Waals surface area contributed by atoms with Crippen molar-refractivity contribution in [2.75, 3.05) is 6.61 Å². The van der Waals surface area contributed by atoms with E-state index in [1.807, 2.05) is 78.5 Å². The van der Waals surface area contributed by atoms with E-state index in [9.17, 15) is 4.79 Å². The molecule has 1 aliphatic rings. The average Bonchev–Trinajstić information content (AvgIpc) is 3.31. The molecule has 5 heteroatoms. The number of aryl methyl sites for hydroxylation is 1. The fourth-order valence-corrected chi connectivity index (χ4v) is 3.59. The van der Waals surface area contributed by atoms with Gasteiger partial charge in [0, 0.05) is 23.4 Å². The number of hydrogen-bond donors (Lipinski definition) is 0. The predicted octanol–water partition coefficient (Wildman–Crippen LogP) is 5.42. The molecule has 3 aromatic carbocycles. The summed E-state index contributed by atoms with van der Waals surface area (Å²) in [6.07, 6.45) is 5.61. The number of Topliss-reactive ketones (excluding diaryl/α,β-unsaturated/α-hetero) is 1. The lowest BCUT2D eigenvalue weighted by Gasteiger charge is -2.19. The molecule has 0 fully saturated rings. The molecule has 5 rings (SSSR count). The third kappa shape index (κ3) is 4.18. The van der Waals surface area contributed by atoms with Gasteiger partial charge in [0.1, 0.15) is 24.7 Å². The first-order valence-electron chi connectivity index (χ1n) is 10.5. The van der Waals surface area contributed by atoms with Crippen molar-refractivity contribution in [1.29, 1.82) is 0 Å². The van der Waals surface area contributed by atoms with Gasteiger partial charge < -0.3 is 9.47 Å². The summed E-state index contributed by atoms with van der Waals surface area (Å²) >= 11 is 0. The number of hydrogen-bond acceptors (Lipinski definition) is 4. The maximum Gasteiger partial charge on any atom is 0.196 e. The summed E-state index contributed by atoms with van der Waals surface area (Å²) in [5.41, 5.74) is 5.31. The zero-order valence-electron chi connectivity index (χ0n) is 17.7. The first kappa shape index (κ1) is 19.8. The summed E-state index contributed by atoms with van der Waals surface area (Å²) in [7, 11) is 0. The van der Waals surface area contributed by atoms with Gasteiger partial charge in [0.25, 0.3) is 0 Å². The largest absolute Gasteiger partial charge is 0.489 e. The Labute approximate surface area is 186 Å². The molecular formula is C27H22N2O3. The van der Waals surface area contributed by atoms with Crippen molar-refractivity contribution < 1.29 is 14.3 Å². The van der Waals surface area contributed by atoms with Crippen molar-refractivity contribution in [2.45, 2.75) is 13.5 Å². The van der Waals surface area contributed by atoms with Crippen molar-refractivity contribution >= 4 is 11.9 Å². The second-order valence-corrected chi connectivity index (χ2v) is 7.77. The minimum atomic E-state index is -0.0116. The maximum atomic E-state index is 12.9. The van der Waals surface area contributed by atoms with Crippen LogP contribution in [0.15, 0.2) is 90.8 Å². The Hall–Kier alpha value is -4.12. The molecule has 0 saturated heterocycles. The summed E-state index contributed by atoms with van der Waals surface area (Å²) in [6.45, 7) is 2.65. The highest BCUT2D eigenvalue weighted by molar-refractivity contribution is 6.14. The highest BCUT2D eigenvalue weighted by atomic mass is 16.5. The fourth-order valence-electron chi connectivity index (χ4n) is 3.59. The summed E-state index contributed by atoms with van der Waals surface area (Å²) < 4.78 is 13.6. The quantitative estimate of drug-likeness (QED) is 0.403. The van der Waals surface area contributed by atoms with Gasteiger partial charge in [-0.15, -0.1) is 0 Å². The van der Waals surface area contributed by atoms with E-state index in [0.717, 1.165) is 16.8 Å². The number of carbonyl (C=O) groups excluding carboxylic acids is 1. The molecule has 1 aromatic heterocycles. The van der Waals surface area contributed by atoms with Crippen LogP contribution in [0.5, 0.6) is 11.5 Å². The number of para-hydroxylation sites is 1. The highest BCUT2D eigenvalue weighted by Crippen LogP contribution is 2.32. The van der Waals surface area contributed by atoms with Gasteiger partial charge in [0.15, 0.2) is 5.78 Å². The number of aromatic nitrogens is 2. The van der Waals surface area contributed by atoms with Gasteiger partial charge in [0.2, 0.25) is 0 Å². The number of fused-ring (bicyclic) bond motifs is 1. The number of carbonyl (C=O) groups is 1. The fraction of sp³-hybridized carbons (Fsp3) is 0.111. The monoisotopic (exact) mass is 422 g/mol. The molecule has 0 spiro atoms. The van der Waals surface area contributed by atoms with Gasteiger partial charge in [-0.1, -0.05) is 48.0 Å². The molecule has 0 radical (unpaired) electrons. The number of rotatable bonds is 5. The molecule has 2 heterocycles. The second-order valence-electron chi connectivity index (χ2n) is 7.77. The summed E-state index contributed by atoms with van der Waals surface area (Å²) in [6, 6.07) is 23.3. The van der Waals surface area contributed by atoms with Gasteiger partial charge in [-0.25, -0.2) is 4.68 Å². The molecule has 0 atom stereocenters. The van der Waals surface area contributed by atoms with E-state index >= 15 is 0 Å². The topological polar surface area (TPSA) is 53.4 Å². The molecule has 1 aliphatic heterocycles. The molecule has 0 N–H and O–H groups in total. The first-order valence-corrected chi connectivity index (χ1v) is 10.5. The van der Waals surface area contributed by atoms with E-state index in [0.29, 0.717) is 29.2 Å². The zero-order chi connectivity index (χ0) is 21.9. The molecule has 0 aliphatic carbocycles. The number of nitrogens with zero attached hydrogens (tertiary/aromatic N) is 2. The van der Waals surface area contributed by atoms with Crippen molar-refractivity contribution in [3.8, 4) is 17.2 Å². The van der Waals surface area contributed by atoms with E-state index in [4.69, 9.17) is 9.47 Å². The lowest BCUT2D eigenvalue weighted by molar-refractivity contribution is 0.100. The summed E-state index contributed by atoms with van der Waals surface area (Å²) in [5.74, 6) is 1.19. The molecule has 5 nitrogen and oxygen atoms in total. The molecule has 0 bridgehead atoms. The van der Waals surface area contributed by atoms with Crippen LogP contribution in [0.4, 0.5) is 0 Å². The van der Waals surface area contributed by atoms with Crippen LogP contribution in [0.1, 0.15) is 27.0 Å². The Bertz CT molecular complexity index is 1290. The summed E-state index contributed by atoms with van der Waals surface area (Å²) in [5, 5.41) is 4.39. The number of benzene rings is 3. The smallest absolute Gasteiger partial charge is 0.196 e. The van der Waals surface area contributed by atoms with Crippen LogP contribution in [0.3, 0.4) is 0 Å². The van der Waals surface area contributed by atoms with Crippen molar-refractivity contribution in [1.82, 2.24) is 9.78 Å². The zero-order valence-corrected chi connectivity index (χ0v) is 17.7. The minimum Gasteiger partial charge on any atom is -0.489 e. The Morgan fingerprint density at radius 1 is 1.06 bits per heavy atom. The number of ketones is 1. The van der Waals surface area contributed by atoms with E-state index in [1.54, 1.807) is 24.4 Å². The van der Waals surface area contributed by atoms with E-state index < -0.39 is 0 Å². The second kappa shape index (κ2) is 8.55. The lowest BCUT2D eigenvalue weighted by atomic mass is 9.98. The highest BCUT2D eigenvalue weighted by Gasteiger charge is 2.23. The predicted molar refractivity (Wildman–Crippen MR) is 123 cm³/mol. The molecular weight excluding hydrogens is 400 g/mol. The van der Waals surface area contributed by atoms with Crippen LogP contribution >= 0.6 is 0 Å². The molecule has 0 unspecified atom stereocenters. The van der Waals surface area contributed by atoms with Gasteiger partial charge >= 0.3 is 0 Å². The van der Waals surface area contributed by atoms with Crippen LogP contribution in [-0.2, 0) is 6.61 Å². The van der Waals surface area contributed by atoms with Crippen molar-refractivity contribution in [2.24, 2.45) is 0 Å². The molecule has 0 saturated carbocycles. The van der Waals surface area contributed by atoms with Crippen LogP contribution in [-0.4, -0.2) is 22.2 Å². The Morgan fingerprint density at radius 3 is 2.69 bits per heavy atom. The van der Waals surface area contributed by atoms with Crippen LogP contribution in [0.2, 0.25) is 0 Å². The molecule has 0 amide bonds. The van der Waals surface area contributed by atoms with E-state index in [-0.39, 0.29) is 12.4 Å². The molecule has 158 valence electrons. The van der Waals surface area contributed by atoms with Gasteiger partial charge in [0.05, 0.1) is 17.4 Å². The van der Waals surface area contributed by atoms with Crippen LogP contribution in [0, 0.1) is 6.92 Å². The minimum absolute atomic E-state index is 0.0116. The van der Waals surface area contributed by atoms with Gasteiger partial charge in [-0.05, 0) is 42.8 Å². The molecule has 4 aromatic rings. The standard InChI is InChI=1S/C27H22N2O3/c1-19-7-9-20(10-8-19)13-22-18-32-26-14-24(11-12-25(26)27(22)30)31-17-21-15-28-29(16-21)23-5-3-2-4-6-23/h2-16H,17-18H2,1H3/b22-13-. The van der Waals surface area contributed by atoms with Crippen LogP contribution in [0.25, 0.3) is 11.8 Å².